The maximum atomic E-state index is 13.2. The fourth-order valence-electron chi connectivity index (χ4n) is 6.87. The molecular weight excluding hydrogens is 396 g/mol. The lowest BCUT2D eigenvalue weighted by Crippen LogP contribution is -2.59. The first-order valence-electron chi connectivity index (χ1n) is 11.3. The summed E-state index contributed by atoms with van der Waals surface area (Å²) in [5.41, 5.74) is 0.0170. The molecule has 0 amide bonds. The quantitative estimate of drug-likeness (QED) is 0.528. The van der Waals surface area contributed by atoms with E-state index in [0.29, 0.717) is 12.8 Å². The molecule has 4 aliphatic carbocycles. The third-order valence-corrected chi connectivity index (χ3v) is 8.53. The molecule has 0 heterocycles. The van der Waals surface area contributed by atoms with Gasteiger partial charge >= 0.3 is 5.97 Å². The van der Waals surface area contributed by atoms with Crippen LogP contribution in [0.5, 0.6) is 0 Å². The summed E-state index contributed by atoms with van der Waals surface area (Å²) in [5, 5.41) is 23.1. The topological polar surface area (TPSA) is 101 Å². The summed E-state index contributed by atoms with van der Waals surface area (Å²) in [6, 6.07) is 0. The molecule has 0 unspecified atom stereocenters. The Bertz CT molecular complexity index is 942. The van der Waals surface area contributed by atoms with Gasteiger partial charge in [-0.1, -0.05) is 38.0 Å². The van der Waals surface area contributed by atoms with Gasteiger partial charge in [-0.2, -0.15) is 0 Å². The summed E-state index contributed by atoms with van der Waals surface area (Å²) in [6.07, 6.45) is 6.79. The minimum atomic E-state index is -1.68. The SMILES string of the molecule is CCC(=O)OCC(=O)[C@@]1(O)[C@H](C)C[C@H]2C3=C([C@@H](O)C[C@@]21C)[C@@]1(C)C=CC(=O)C=C1CC3. The van der Waals surface area contributed by atoms with Crippen molar-refractivity contribution >= 4 is 17.5 Å². The van der Waals surface area contributed by atoms with E-state index in [1.54, 1.807) is 19.1 Å². The summed E-state index contributed by atoms with van der Waals surface area (Å²) in [5.74, 6) is -1.38. The van der Waals surface area contributed by atoms with Gasteiger partial charge in [0.15, 0.2) is 12.4 Å². The normalized spacial score (nSPS) is 41.3. The number of aliphatic hydroxyl groups is 2. The third-order valence-electron chi connectivity index (χ3n) is 8.53. The molecule has 2 N–H and O–H groups in total. The molecule has 6 heteroatoms. The van der Waals surface area contributed by atoms with Crippen molar-refractivity contribution in [2.45, 2.75) is 71.5 Å². The van der Waals surface area contributed by atoms with Crippen LogP contribution in [-0.4, -0.2) is 46.1 Å². The van der Waals surface area contributed by atoms with E-state index >= 15 is 0 Å². The van der Waals surface area contributed by atoms with Gasteiger partial charge in [0.05, 0.1) is 6.10 Å². The molecule has 6 nitrogen and oxygen atoms in total. The smallest absolute Gasteiger partial charge is 0.305 e. The van der Waals surface area contributed by atoms with Crippen molar-refractivity contribution in [3.05, 3.63) is 34.9 Å². The minimum absolute atomic E-state index is 0.0252. The molecule has 0 aromatic carbocycles. The zero-order chi connectivity index (χ0) is 22.8. The Morgan fingerprint density at radius 2 is 1.97 bits per heavy atom. The fourth-order valence-corrected chi connectivity index (χ4v) is 6.87. The maximum Gasteiger partial charge on any atom is 0.305 e. The van der Waals surface area contributed by atoms with Crippen LogP contribution in [0.2, 0.25) is 0 Å². The van der Waals surface area contributed by atoms with Crippen LogP contribution in [0, 0.1) is 22.7 Å². The highest BCUT2D eigenvalue weighted by atomic mass is 16.5. The Morgan fingerprint density at radius 1 is 1.26 bits per heavy atom. The number of hydrogen-bond donors (Lipinski definition) is 2. The van der Waals surface area contributed by atoms with Crippen LogP contribution in [0.15, 0.2) is 34.9 Å². The zero-order valence-electron chi connectivity index (χ0n) is 18.7. The van der Waals surface area contributed by atoms with Gasteiger partial charge in [-0.05, 0) is 62.2 Å². The highest BCUT2D eigenvalue weighted by molar-refractivity contribution is 6.01. The van der Waals surface area contributed by atoms with Crippen LogP contribution in [0.4, 0.5) is 0 Å². The number of carbonyl (C=O) groups excluding carboxylic acids is 3. The van der Waals surface area contributed by atoms with E-state index in [1.807, 2.05) is 26.8 Å². The summed E-state index contributed by atoms with van der Waals surface area (Å²) >= 11 is 0. The standard InChI is InChI=1S/C25H32O6/c1-5-21(29)31-13-20(28)25(30)14(2)10-18-17-7-6-15-11-16(26)8-9-23(15,3)22(17)19(27)12-24(18,25)4/h8-9,11,14,18-19,27,30H,5-7,10,12-13H2,1-4H3/t14-,18+,19+,23+,24+,25+/m1/s1. The second-order valence-corrected chi connectivity index (χ2v) is 10.1. The first-order valence-corrected chi connectivity index (χ1v) is 11.3. The van der Waals surface area contributed by atoms with Crippen LogP contribution in [0.3, 0.4) is 0 Å². The van der Waals surface area contributed by atoms with E-state index in [4.69, 9.17) is 4.74 Å². The molecule has 4 rings (SSSR count). The number of ether oxygens (including phenoxy) is 1. The second-order valence-electron chi connectivity index (χ2n) is 10.1. The van der Waals surface area contributed by atoms with Gasteiger partial charge in [0.2, 0.25) is 5.78 Å². The van der Waals surface area contributed by atoms with Gasteiger partial charge in [0, 0.05) is 17.3 Å². The maximum absolute atomic E-state index is 13.2. The van der Waals surface area contributed by atoms with Crippen LogP contribution < -0.4 is 0 Å². The molecule has 0 radical (unpaired) electrons. The number of fused-ring (bicyclic) bond motifs is 4. The third kappa shape index (κ3) is 2.94. The van der Waals surface area contributed by atoms with Crippen molar-refractivity contribution in [3.8, 4) is 0 Å². The number of hydrogen-bond acceptors (Lipinski definition) is 6. The van der Waals surface area contributed by atoms with Crippen molar-refractivity contribution in [1.82, 2.24) is 0 Å². The summed E-state index contributed by atoms with van der Waals surface area (Å²) < 4.78 is 5.06. The Hall–Kier alpha value is -2.05. The van der Waals surface area contributed by atoms with E-state index in [2.05, 4.69) is 0 Å². The monoisotopic (exact) mass is 428 g/mol. The zero-order valence-corrected chi connectivity index (χ0v) is 18.7. The van der Waals surface area contributed by atoms with Crippen LogP contribution in [0.1, 0.15) is 59.8 Å². The van der Waals surface area contributed by atoms with Crippen molar-refractivity contribution < 1.29 is 29.3 Å². The van der Waals surface area contributed by atoms with E-state index < -0.39 is 40.9 Å². The van der Waals surface area contributed by atoms with E-state index in [1.165, 1.54) is 0 Å². The van der Waals surface area contributed by atoms with Gasteiger partial charge in [-0.25, -0.2) is 0 Å². The predicted octanol–water partition coefficient (Wildman–Crippen LogP) is 2.83. The summed E-state index contributed by atoms with van der Waals surface area (Å²) in [4.78, 5) is 36.7. The van der Waals surface area contributed by atoms with Crippen molar-refractivity contribution in [1.29, 1.82) is 0 Å². The highest BCUT2D eigenvalue weighted by Gasteiger charge is 2.67. The largest absolute Gasteiger partial charge is 0.458 e. The van der Waals surface area contributed by atoms with Crippen molar-refractivity contribution in [3.63, 3.8) is 0 Å². The average Bonchev–Trinajstić information content (AvgIpc) is 2.93. The van der Waals surface area contributed by atoms with E-state index in [-0.39, 0.29) is 30.5 Å². The molecule has 0 bridgehead atoms. The van der Waals surface area contributed by atoms with Crippen LogP contribution in [-0.2, 0) is 19.1 Å². The first-order chi connectivity index (χ1) is 14.5. The molecule has 0 saturated heterocycles. The predicted molar refractivity (Wildman–Crippen MR) is 114 cm³/mol. The fraction of sp³-hybridized carbons (Fsp3) is 0.640. The molecule has 6 atom stereocenters. The molecule has 0 spiro atoms. The molecule has 0 aliphatic heterocycles. The van der Waals surface area contributed by atoms with Gasteiger partial charge in [0.1, 0.15) is 5.60 Å². The molecule has 0 aromatic heterocycles. The molecular formula is C25H32O6. The van der Waals surface area contributed by atoms with Gasteiger partial charge < -0.3 is 14.9 Å². The summed E-state index contributed by atoms with van der Waals surface area (Å²) in [6.45, 7) is 7.00. The Morgan fingerprint density at radius 3 is 2.65 bits per heavy atom. The Labute approximate surface area is 183 Å². The minimum Gasteiger partial charge on any atom is -0.458 e. The number of ketones is 2. The lowest BCUT2D eigenvalue weighted by atomic mass is 9.52. The molecule has 31 heavy (non-hydrogen) atoms. The number of rotatable bonds is 4. The van der Waals surface area contributed by atoms with E-state index in [9.17, 15) is 24.6 Å². The lowest BCUT2D eigenvalue weighted by molar-refractivity contribution is -0.169. The van der Waals surface area contributed by atoms with Gasteiger partial charge in [0.25, 0.3) is 0 Å². The van der Waals surface area contributed by atoms with Crippen LogP contribution in [0.25, 0.3) is 0 Å². The number of carbonyl (C=O) groups is 3. The van der Waals surface area contributed by atoms with Gasteiger partial charge in [-0.3, -0.25) is 14.4 Å². The molecule has 1 fully saturated rings. The number of Topliss-reactive ketones (excluding diaryl/α,β-unsaturated/α-hetero) is 1. The average molecular weight is 429 g/mol. The second kappa shape index (κ2) is 7.24. The highest BCUT2D eigenvalue weighted by Crippen LogP contribution is 2.66. The number of esters is 1. The molecule has 168 valence electrons. The molecule has 4 aliphatic rings. The van der Waals surface area contributed by atoms with Crippen molar-refractivity contribution in [2.24, 2.45) is 22.7 Å². The molecule has 1 saturated carbocycles. The lowest BCUT2D eigenvalue weighted by Gasteiger charge is -2.53. The van der Waals surface area contributed by atoms with E-state index in [0.717, 1.165) is 23.1 Å². The number of allylic oxidation sites excluding steroid dienone is 5. The Balaban J connectivity index is 1.75. The molecule has 0 aromatic rings. The summed E-state index contributed by atoms with van der Waals surface area (Å²) in [7, 11) is 0. The number of aliphatic hydroxyl groups excluding tert-OH is 1. The van der Waals surface area contributed by atoms with Crippen LogP contribution >= 0.6 is 0 Å². The van der Waals surface area contributed by atoms with Crippen molar-refractivity contribution in [2.75, 3.05) is 6.61 Å². The first kappa shape index (κ1) is 22.2. The Kier molecular flexibility index (Phi) is 5.17. The van der Waals surface area contributed by atoms with Gasteiger partial charge in [-0.15, -0.1) is 0 Å².